The molecule has 1 heterocycles. The van der Waals surface area contributed by atoms with Gasteiger partial charge < -0.3 is 0 Å². The van der Waals surface area contributed by atoms with Crippen LogP contribution in [-0.4, -0.2) is 29.8 Å². The number of alkyl halides is 3. The summed E-state index contributed by atoms with van der Waals surface area (Å²) in [5.41, 5.74) is 0.133. The Morgan fingerprint density at radius 2 is 1.79 bits per heavy atom. The van der Waals surface area contributed by atoms with Crippen LogP contribution in [0.25, 0.3) is 6.08 Å². The largest absolute Gasteiger partial charge is 0.416 e. The monoisotopic (exact) mass is 457 g/mol. The van der Waals surface area contributed by atoms with Crippen molar-refractivity contribution in [2.24, 2.45) is 0 Å². The first-order valence-electron chi connectivity index (χ1n) is 8.17. The van der Waals surface area contributed by atoms with Gasteiger partial charge in [-0.3, -0.25) is 9.69 Å². The second-order valence-electron chi connectivity index (χ2n) is 6.31. The van der Waals surface area contributed by atoms with E-state index in [0.29, 0.717) is 16.0 Å². The summed E-state index contributed by atoms with van der Waals surface area (Å²) >= 11 is 6.26. The molecule has 2 aromatic carbocycles. The first-order chi connectivity index (χ1) is 13.4. The molecule has 0 aliphatic carbocycles. The summed E-state index contributed by atoms with van der Waals surface area (Å²) < 4.78 is 61.9. The average Bonchev–Trinajstić information content (AvgIpc) is 2.88. The molecule has 0 spiro atoms. The number of amides is 1. The van der Waals surface area contributed by atoms with Gasteiger partial charge in [0, 0.05) is 6.26 Å². The number of hydrogen-bond acceptors (Lipinski definition) is 5. The third kappa shape index (κ3) is 5.06. The van der Waals surface area contributed by atoms with Crippen LogP contribution in [0.5, 0.6) is 0 Å². The van der Waals surface area contributed by atoms with Crippen LogP contribution in [0.2, 0.25) is 0 Å². The molecule has 3 rings (SSSR count). The summed E-state index contributed by atoms with van der Waals surface area (Å²) in [6.45, 7) is -0.0705. The summed E-state index contributed by atoms with van der Waals surface area (Å²) in [6, 6.07) is 10.7. The van der Waals surface area contributed by atoms with Crippen LogP contribution in [-0.2, 0) is 27.4 Å². The molecular weight excluding hydrogens is 443 g/mol. The molecule has 29 heavy (non-hydrogen) atoms. The van der Waals surface area contributed by atoms with Crippen LogP contribution in [0.4, 0.5) is 13.2 Å². The zero-order valence-corrected chi connectivity index (χ0v) is 17.4. The normalized spacial score (nSPS) is 16.7. The number of rotatable bonds is 4. The van der Waals surface area contributed by atoms with E-state index in [1.165, 1.54) is 29.2 Å². The number of carbonyl (C=O) groups is 1. The van der Waals surface area contributed by atoms with Crippen molar-refractivity contribution in [3.8, 4) is 0 Å². The van der Waals surface area contributed by atoms with Crippen LogP contribution in [0.1, 0.15) is 16.7 Å². The number of nitrogens with zero attached hydrogens (tertiary/aromatic N) is 1. The molecule has 152 valence electrons. The van der Waals surface area contributed by atoms with E-state index in [9.17, 15) is 26.4 Å². The lowest BCUT2D eigenvalue weighted by Gasteiger charge is -2.15. The van der Waals surface area contributed by atoms with Crippen molar-refractivity contribution >= 4 is 50.1 Å². The number of thioether (sulfide) groups is 1. The molecule has 4 nitrogen and oxygen atoms in total. The molecule has 0 saturated carbocycles. The molecule has 0 bridgehead atoms. The summed E-state index contributed by atoms with van der Waals surface area (Å²) in [6.07, 6.45) is -1.80. The molecule has 0 radical (unpaired) electrons. The molecular formula is C19H14F3NO3S3. The van der Waals surface area contributed by atoms with Crippen molar-refractivity contribution in [1.82, 2.24) is 4.90 Å². The van der Waals surface area contributed by atoms with Gasteiger partial charge >= 0.3 is 6.18 Å². The fourth-order valence-corrected chi connectivity index (χ4v) is 4.51. The highest BCUT2D eigenvalue weighted by Crippen LogP contribution is 2.35. The molecule has 1 aliphatic rings. The summed E-state index contributed by atoms with van der Waals surface area (Å²) in [5.74, 6) is -0.412. The van der Waals surface area contributed by atoms with E-state index < -0.39 is 27.5 Å². The highest BCUT2D eigenvalue weighted by atomic mass is 32.2. The van der Waals surface area contributed by atoms with Crippen LogP contribution >= 0.6 is 24.0 Å². The lowest BCUT2D eigenvalue weighted by Crippen LogP contribution is -2.27. The van der Waals surface area contributed by atoms with Gasteiger partial charge in [-0.15, -0.1) is 0 Å². The molecule has 10 heteroatoms. The molecule has 0 aromatic heterocycles. The molecule has 1 saturated heterocycles. The predicted octanol–water partition coefficient (Wildman–Crippen LogP) is 4.51. The van der Waals surface area contributed by atoms with Crippen molar-refractivity contribution in [2.45, 2.75) is 17.6 Å². The van der Waals surface area contributed by atoms with E-state index in [2.05, 4.69) is 0 Å². The molecule has 1 amide bonds. The standard InChI is InChI=1S/C19H14F3NO3S3/c1-29(25,26)15-7-5-12(6-8-15)10-16-17(24)23(18(27)28-16)11-13-3-2-4-14(9-13)19(20,21)22/h2-10H,11H2,1H3/b16-10-. The number of halogens is 3. The van der Waals surface area contributed by atoms with Gasteiger partial charge in [0.1, 0.15) is 4.32 Å². The summed E-state index contributed by atoms with van der Waals surface area (Å²) in [5, 5.41) is 0. The number of sulfone groups is 1. The van der Waals surface area contributed by atoms with Gasteiger partial charge in [-0.2, -0.15) is 13.2 Å². The maximum absolute atomic E-state index is 12.9. The Morgan fingerprint density at radius 3 is 2.38 bits per heavy atom. The second-order valence-corrected chi connectivity index (χ2v) is 10.00. The second kappa shape index (κ2) is 7.92. The maximum atomic E-state index is 12.9. The van der Waals surface area contributed by atoms with E-state index in [4.69, 9.17) is 12.2 Å². The summed E-state index contributed by atoms with van der Waals surface area (Å²) in [4.78, 5) is 14.4. The van der Waals surface area contributed by atoms with E-state index in [1.54, 1.807) is 18.2 Å². The van der Waals surface area contributed by atoms with Crippen molar-refractivity contribution in [3.63, 3.8) is 0 Å². The first kappa shape index (κ1) is 21.5. The van der Waals surface area contributed by atoms with Gasteiger partial charge in [-0.1, -0.05) is 48.2 Å². The quantitative estimate of drug-likeness (QED) is 0.500. The maximum Gasteiger partial charge on any atom is 0.416 e. The minimum atomic E-state index is -4.47. The molecule has 1 fully saturated rings. The minimum Gasteiger partial charge on any atom is -0.288 e. The lowest BCUT2D eigenvalue weighted by atomic mass is 10.1. The Morgan fingerprint density at radius 1 is 1.14 bits per heavy atom. The fourth-order valence-electron chi connectivity index (χ4n) is 2.63. The fraction of sp³-hybridized carbons (Fsp3) is 0.158. The van der Waals surface area contributed by atoms with E-state index in [-0.39, 0.29) is 15.8 Å². The van der Waals surface area contributed by atoms with Crippen molar-refractivity contribution in [1.29, 1.82) is 0 Å². The third-order valence-electron chi connectivity index (χ3n) is 4.07. The van der Waals surface area contributed by atoms with Gasteiger partial charge in [0.25, 0.3) is 5.91 Å². The highest BCUT2D eigenvalue weighted by Gasteiger charge is 2.33. The van der Waals surface area contributed by atoms with Gasteiger partial charge in [0.05, 0.1) is 21.9 Å². The van der Waals surface area contributed by atoms with Crippen molar-refractivity contribution in [2.75, 3.05) is 6.26 Å². The zero-order chi connectivity index (χ0) is 21.4. The van der Waals surface area contributed by atoms with Gasteiger partial charge in [0.2, 0.25) is 0 Å². The van der Waals surface area contributed by atoms with E-state index >= 15 is 0 Å². The Labute approximate surface area is 175 Å². The molecule has 0 unspecified atom stereocenters. The Kier molecular flexibility index (Phi) is 5.88. The lowest BCUT2D eigenvalue weighted by molar-refractivity contribution is -0.137. The van der Waals surface area contributed by atoms with E-state index in [0.717, 1.165) is 30.2 Å². The highest BCUT2D eigenvalue weighted by molar-refractivity contribution is 8.26. The van der Waals surface area contributed by atoms with Gasteiger partial charge in [-0.25, -0.2) is 8.42 Å². The number of carbonyl (C=O) groups excluding carboxylic acids is 1. The van der Waals surface area contributed by atoms with E-state index in [1.807, 2.05) is 0 Å². The van der Waals surface area contributed by atoms with Crippen LogP contribution in [0.3, 0.4) is 0 Å². The smallest absolute Gasteiger partial charge is 0.288 e. The molecule has 0 atom stereocenters. The predicted molar refractivity (Wildman–Crippen MR) is 110 cm³/mol. The molecule has 1 aliphatic heterocycles. The third-order valence-corrected chi connectivity index (χ3v) is 6.58. The number of benzene rings is 2. The minimum absolute atomic E-state index is 0.0705. The topological polar surface area (TPSA) is 54.5 Å². The van der Waals surface area contributed by atoms with Gasteiger partial charge in [-0.05, 0) is 41.5 Å². The Bertz CT molecular complexity index is 1110. The molecule has 0 N–H and O–H groups in total. The van der Waals surface area contributed by atoms with Crippen LogP contribution in [0.15, 0.2) is 58.3 Å². The van der Waals surface area contributed by atoms with Crippen LogP contribution < -0.4 is 0 Å². The zero-order valence-electron chi connectivity index (χ0n) is 14.9. The average molecular weight is 458 g/mol. The number of hydrogen-bond donors (Lipinski definition) is 0. The first-order valence-corrected chi connectivity index (χ1v) is 11.3. The van der Waals surface area contributed by atoms with Crippen LogP contribution in [0, 0.1) is 0 Å². The van der Waals surface area contributed by atoms with Crippen molar-refractivity contribution < 1.29 is 26.4 Å². The Balaban J connectivity index is 1.80. The Hall–Kier alpha value is -2.17. The van der Waals surface area contributed by atoms with Gasteiger partial charge in [0.15, 0.2) is 9.84 Å². The van der Waals surface area contributed by atoms with Crippen molar-refractivity contribution in [3.05, 3.63) is 70.1 Å². The molecule has 2 aromatic rings. The summed E-state index contributed by atoms with van der Waals surface area (Å²) in [7, 11) is -3.33. The SMILES string of the molecule is CS(=O)(=O)c1ccc(/C=C2\SC(=S)N(Cc3cccc(C(F)(F)F)c3)C2=O)cc1. The number of thiocarbonyl (C=S) groups is 1.